The summed E-state index contributed by atoms with van der Waals surface area (Å²) in [5, 5.41) is 17.2. The summed E-state index contributed by atoms with van der Waals surface area (Å²) in [6, 6.07) is 1.56. The minimum atomic E-state index is -3.40. The molecule has 0 radical (unpaired) electrons. The molecule has 1 aliphatic heterocycles. The van der Waals surface area contributed by atoms with Gasteiger partial charge in [-0.05, 0) is 18.8 Å². The number of piperidine rings is 1. The number of nitrogens with one attached hydrogen (secondary N) is 1. The average Bonchev–Trinajstić information content (AvgIpc) is 2.93. The van der Waals surface area contributed by atoms with Crippen molar-refractivity contribution in [2.75, 3.05) is 24.7 Å². The number of sulfonamides is 1. The zero-order chi connectivity index (χ0) is 20.6. The minimum absolute atomic E-state index is 0.0528. The van der Waals surface area contributed by atoms with E-state index in [4.69, 9.17) is 11.6 Å². The van der Waals surface area contributed by atoms with Gasteiger partial charge in [-0.2, -0.15) is 9.57 Å². The maximum atomic E-state index is 12.4. The van der Waals surface area contributed by atoms with Crippen LogP contribution in [0, 0.1) is 11.3 Å². The van der Waals surface area contributed by atoms with Crippen molar-refractivity contribution < 1.29 is 13.2 Å². The number of halogens is 1. The highest BCUT2D eigenvalue weighted by molar-refractivity contribution is 7.88. The molecule has 0 amide bonds. The number of anilines is 1. The Kier molecular flexibility index (Phi) is 5.61. The van der Waals surface area contributed by atoms with Gasteiger partial charge < -0.3 is 5.32 Å². The fraction of sp³-hybridized carbons (Fsp3) is 0.529. The van der Waals surface area contributed by atoms with Crippen molar-refractivity contribution in [3.63, 3.8) is 0 Å². The first-order chi connectivity index (χ1) is 13.2. The summed E-state index contributed by atoms with van der Waals surface area (Å²) in [6.45, 7) is 4.06. The van der Waals surface area contributed by atoms with E-state index in [1.165, 1.54) is 6.20 Å². The molecule has 11 heteroatoms. The van der Waals surface area contributed by atoms with Crippen molar-refractivity contribution in [3.05, 3.63) is 22.5 Å². The lowest BCUT2D eigenvalue weighted by Crippen LogP contribution is -2.48. The van der Waals surface area contributed by atoms with Crippen LogP contribution in [0.4, 0.5) is 5.95 Å². The Hall–Kier alpha value is -2.22. The fourth-order valence-electron chi connectivity index (χ4n) is 3.24. The highest BCUT2D eigenvalue weighted by Crippen LogP contribution is 2.33. The predicted molar refractivity (Wildman–Crippen MR) is 105 cm³/mol. The Bertz CT molecular complexity index is 1070. The molecular formula is C17H21ClN6O3S. The average molecular weight is 425 g/mol. The largest absolute Gasteiger partial charge is 0.343 e. The number of rotatable bonds is 5. The summed E-state index contributed by atoms with van der Waals surface area (Å²) < 4.78 is 26.0. The van der Waals surface area contributed by atoms with Crippen LogP contribution in [0.2, 0.25) is 5.02 Å². The molecule has 28 heavy (non-hydrogen) atoms. The zero-order valence-corrected chi connectivity index (χ0v) is 17.4. The van der Waals surface area contributed by atoms with Gasteiger partial charge in [0.05, 0.1) is 41.3 Å². The molecule has 2 atom stereocenters. The zero-order valence-electron chi connectivity index (χ0n) is 15.8. The first kappa shape index (κ1) is 20.5. The van der Waals surface area contributed by atoms with Crippen molar-refractivity contribution in [1.29, 1.82) is 5.26 Å². The highest BCUT2D eigenvalue weighted by atomic mass is 35.5. The van der Waals surface area contributed by atoms with E-state index in [2.05, 4.69) is 21.5 Å². The van der Waals surface area contributed by atoms with Crippen LogP contribution >= 0.6 is 11.6 Å². The van der Waals surface area contributed by atoms with Crippen molar-refractivity contribution in [2.24, 2.45) is 0 Å². The molecule has 0 spiro atoms. The van der Waals surface area contributed by atoms with Gasteiger partial charge in [0.1, 0.15) is 11.6 Å². The van der Waals surface area contributed by atoms with E-state index in [1.807, 2.05) is 13.8 Å². The van der Waals surface area contributed by atoms with Crippen LogP contribution in [-0.4, -0.2) is 58.5 Å². The summed E-state index contributed by atoms with van der Waals surface area (Å²) in [7, 11) is -3.40. The van der Waals surface area contributed by atoms with Gasteiger partial charge in [0.15, 0.2) is 5.78 Å². The third-order valence-electron chi connectivity index (χ3n) is 5.01. The Labute approximate surface area is 168 Å². The van der Waals surface area contributed by atoms with Crippen LogP contribution in [0.5, 0.6) is 0 Å². The quantitative estimate of drug-likeness (QED) is 0.776. The SMILES string of the molecule is CCC(C)c1c(C#N)c(Cl)c2cnc(N[C@@H]3CCN(S(C)(=O)=O)CC3=O)nn12. The Morgan fingerprint density at radius 3 is 2.79 bits per heavy atom. The second-order valence-electron chi connectivity index (χ2n) is 6.92. The standard InChI is InChI=1S/C17H21ClN6O3S/c1-4-10(2)16-11(7-19)15(18)13-8-20-17(22-24(13)16)21-12-5-6-23(9-14(12)25)28(3,26)27/h8,10,12H,4-6,9H2,1-3H3,(H,21,22)/t10?,12-/m1/s1. The van der Waals surface area contributed by atoms with Gasteiger partial charge in [-0.1, -0.05) is 25.4 Å². The topological polar surface area (TPSA) is 120 Å². The van der Waals surface area contributed by atoms with Gasteiger partial charge in [0, 0.05) is 6.54 Å². The first-order valence-electron chi connectivity index (χ1n) is 8.89. The van der Waals surface area contributed by atoms with Gasteiger partial charge in [-0.15, -0.1) is 5.10 Å². The lowest BCUT2D eigenvalue weighted by Gasteiger charge is -2.29. The number of hydrogen-bond acceptors (Lipinski definition) is 7. The molecule has 1 N–H and O–H groups in total. The van der Waals surface area contributed by atoms with Gasteiger partial charge in [-0.25, -0.2) is 17.9 Å². The van der Waals surface area contributed by atoms with Crippen molar-refractivity contribution in [3.8, 4) is 6.07 Å². The van der Waals surface area contributed by atoms with Crippen LogP contribution in [0.1, 0.15) is 43.9 Å². The Morgan fingerprint density at radius 1 is 1.50 bits per heavy atom. The van der Waals surface area contributed by atoms with E-state index in [0.717, 1.165) is 17.0 Å². The molecule has 0 bridgehead atoms. The molecule has 3 rings (SSSR count). The van der Waals surface area contributed by atoms with Gasteiger partial charge >= 0.3 is 0 Å². The molecule has 0 saturated carbocycles. The number of ketones is 1. The summed E-state index contributed by atoms with van der Waals surface area (Å²) in [4.78, 5) is 16.6. The molecule has 1 fully saturated rings. The van der Waals surface area contributed by atoms with Crippen molar-refractivity contribution in [2.45, 2.75) is 38.6 Å². The van der Waals surface area contributed by atoms with Gasteiger partial charge in [-0.3, -0.25) is 4.79 Å². The Morgan fingerprint density at radius 2 is 2.21 bits per heavy atom. The van der Waals surface area contributed by atoms with Crippen molar-refractivity contribution >= 4 is 38.9 Å². The maximum Gasteiger partial charge on any atom is 0.241 e. The van der Waals surface area contributed by atoms with Crippen molar-refractivity contribution in [1.82, 2.24) is 18.9 Å². The van der Waals surface area contributed by atoms with E-state index in [0.29, 0.717) is 28.2 Å². The fourth-order valence-corrected chi connectivity index (χ4v) is 4.31. The maximum absolute atomic E-state index is 12.4. The summed E-state index contributed by atoms with van der Waals surface area (Å²) in [5.41, 5.74) is 1.60. The van der Waals surface area contributed by atoms with E-state index in [1.54, 1.807) is 4.52 Å². The van der Waals surface area contributed by atoms with E-state index >= 15 is 0 Å². The molecule has 0 aliphatic carbocycles. The monoisotopic (exact) mass is 424 g/mol. The number of carbonyl (C=O) groups excluding carboxylic acids is 1. The molecule has 150 valence electrons. The second kappa shape index (κ2) is 7.66. The predicted octanol–water partition coefficient (Wildman–Crippen LogP) is 1.78. The number of nitriles is 1. The van der Waals surface area contributed by atoms with E-state index < -0.39 is 16.1 Å². The molecule has 9 nitrogen and oxygen atoms in total. The number of nitrogens with zero attached hydrogens (tertiary/aromatic N) is 5. The van der Waals surface area contributed by atoms with Crippen LogP contribution in [0.25, 0.3) is 5.52 Å². The highest BCUT2D eigenvalue weighted by Gasteiger charge is 2.32. The number of fused-ring (bicyclic) bond motifs is 1. The molecule has 0 aromatic carbocycles. The summed E-state index contributed by atoms with van der Waals surface area (Å²) in [5.74, 6) is 0.0298. The minimum Gasteiger partial charge on any atom is -0.343 e. The molecule has 3 heterocycles. The second-order valence-corrected chi connectivity index (χ2v) is 9.28. The summed E-state index contributed by atoms with van der Waals surface area (Å²) in [6.07, 6.45) is 3.72. The molecule has 2 aromatic rings. The van der Waals surface area contributed by atoms with E-state index in [-0.39, 0.29) is 30.7 Å². The lowest BCUT2D eigenvalue weighted by atomic mass is 10.0. The van der Waals surface area contributed by atoms with Gasteiger partial charge in [0.2, 0.25) is 16.0 Å². The Balaban J connectivity index is 1.91. The molecule has 1 saturated heterocycles. The van der Waals surface area contributed by atoms with Crippen LogP contribution in [-0.2, 0) is 14.8 Å². The van der Waals surface area contributed by atoms with E-state index in [9.17, 15) is 18.5 Å². The van der Waals surface area contributed by atoms with Gasteiger partial charge in [0.25, 0.3) is 0 Å². The first-order valence-corrected chi connectivity index (χ1v) is 11.1. The molecular weight excluding hydrogens is 404 g/mol. The molecule has 1 aliphatic rings. The number of hydrogen-bond donors (Lipinski definition) is 1. The normalized spacial score (nSPS) is 19.5. The number of carbonyl (C=O) groups is 1. The van der Waals surface area contributed by atoms with Crippen LogP contribution in [0.3, 0.4) is 0 Å². The smallest absolute Gasteiger partial charge is 0.241 e. The molecule has 2 aromatic heterocycles. The summed E-state index contributed by atoms with van der Waals surface area (Å²) >= 11 is 6.33. The lowest BCUT2D eigenvalue weighted by molar-refractivity contribution is -0.121. The molecule has 1 unspecified atom stereocenters. The third-order valence-corrected chi connectivity index (χ3v) is 6.64. The number of aromatic nitrogens is 3. The third kappa shape index (κ3) is 3.70. The van der Waals surface area contributed by atoms with Crippen LogP contribution < -0.4 is 5.32 Å². The van der Waals surface area contributed by atoms with Crippen LogP contribution in [0.15, 0.2) is 6.20 Å². The number of Topliss-reactive ketones (excluding diaryl/α,β-unsaturated/α-hetero) is 1.